The molecule has 0 amide bonds. The van der Waals surface area contributed by atoms with Gasteiger partial charge in [-0.1, -0.05) is 19.1 Å². The van der Waals surface area contributed by atoms with Crippen LogP contribution in [0.15, 0.2) is 29.2 Å². The van der Waals surface area contributed by atoms with Crippen molar-refractivity contribution in [2.75, 3.05) is 19.4 Å². The number of methoxy groups -OCH3 is 1. The zero-order valence-electron chi connectivity index (χ0n) is 14.7. The average molecular weight is 334 g/mol. The van der Waals surface area contributed by atoms with Crippen LogP contribution in [-0.2, 0) is 13.6 Å². The number of aromatic nitrogens is 2. The van der Waals surface area contributed by atoms with E-state index in [4.69, 9.17) is 4.74 Å². The summed E-state index contributed by atoms with van der Waals surface area (Å²) in [6, 6.07) is 8.19. The first kappa shape index (κ1) is 17.9. The van der Waals surface area contributed by atoms with Crippen molar-refractivity contribution in [3.8, 4) is 5.75 Å². The molecule has 5 heteroatoms. The fourth-order valence-corrected chi connectivity index (χ4v) is 3.60. The highest BCUT2D eigenvalue weighted by Crippen LogP contribution is 2.29. The van der Waals surface area contributed by atoms with Gasteiger partial charge in [-0.15, -0.1) is 11.8 Å². The van der Waals surface area contributed by atoms with Crippen molar-refractivity contribution < 1.29 is 4.74 Å². The molecule has 0 radical (unpaired) electrons. The molecule has 1 aromatic heterocycles. The molecule has 2 aromatic rings. The fourth-order valence-electron chi connectivity index (χ4n) is 2.55. The molecular weight excluding hydrogens is 306 g/mol. The van der Waals surface area contributed by atoms with Crippen molar-refractivity contribution in [3.05, 3.63) is 41.2 Å². The van der Waals surface area contributed by atoms with E-state index in [0.29, 0.717) is 5.92 Å². The van der Waals surface area contributed by atoms with Crippen LogP contribution < -0.4 is 10.1 Å². The second-order valence-corrected chi connectivity index (χ2v) is 7.03. The monoisotopic (exact) mass is 333 g/mol. The molecule has 0 fully saturated rings. The fraction of sp³-hybridized carbons (Fsp3) is 0.500. The van der Waals surface area contributed by atoms with E-state index in [1.165, 1.54) is 16.2 Å². The average Bonchev–Trinajstić information content (AvgIpc) is 2.79. The predicted molar refractivity (Wildman–Crippen MR) is 97.3 cm³/mol. The van der Waals surface area contributed by atoms with Crippen LogP contribution in [0.2, 0.25) is 0 Å². The zero-order valence-corrected chi connectivity index (χ0v) is 15.5. The lowest BCUT2D eigenvalue weighted by atomic mass is 10.2. The summed E-state index contributed by atoms with van der Waals surface area (Å²) in [6.45, 7) is 8.35. The second-order valence-electron chi connectivity index (χ2n) is 5.97. The molecule has 1 atom stereocenters. The third kappa shape index (κ3) is 4.75. The molecule has 126 valence electrons. The minimum Gasteiger partial charge on any atom is -0.496 e. The van der Waals surface area contributed by atoms with Gasteiger partial charge < -0.3 is 10.1 Å². The highest BCUT2D eigenvalue weighted by Gasteiger charge is 2.10. The standard InChI is InChI=1S/C18H27N3OS/c1-13(12-23-18-9-7-6-8-17(18)22-5)10-19-11-16-14(2)20-21(4)15(16)3/h6-9,13,19H,10-12H2,1-5H3. The van der Waals surface area contributed by atoms with E-state index in [2.05, 4.69) is 43.3 Å². The largest absolute Gasteiger partial charge is 0.496 e. The Bertz CT molecular complexity index is 639. The van der Waals surface area contributed by atoms with Crippen LogP contribution in [-0.4, -0.2) is 29.2 Å². The number of ether oxygens (including phenoxy) is 1. The Morgan fingerprint density at radius 2 is 2.04 bits per heavy atom. The number of rotatable bonds is 8. The zero-order chi connectivity index (χ0) is 16.8. The van der Waals surface area contributed by atoms with Gasteiger partial charge in [-0.3, -0.25) is 4.68 Å². The van der Waals surface area contributed by atoms with E-state index < -0.39 is 0 Å². The Morgan fingerprint density at radius 1 is 1.30 bits per heavy atom. The molecular formula is C18H27N3OS. The highest BCUT2D eigenvalue weighted by molar-refractivity contribution is 7.99. The van der Waals surface area contributed by atoms with E-state index >= 15 is 0 Å². The van der Waals surface area contributed by atoms with Crippen molar-refractivity contribution in [1.82, 2.24) is 15.1 Å². The lowest BCUT2D eigenvalue weighted by Crippen LogP contribution is -2.22. The van der Waals surface area contributed by atoms with Gasteiger partial charge in [-0.25, -0.2) is 0 Å². The van der Waals surface area contributed by atoms with Gasteiger partial charge in [0.25, 0.3) is 0 Å². The predicted octanol–water partition coefficient (Wildman–Crippen LogP) is 3.56. The van der Waals surface area contributed by atoms with E-state index in [-0.39, 0.29) is 0 Å². The molecule has 4 nitrogen and oxygen atoms in total. The van der Waals surface area contributed by atoms with Crippen LogP contribution in [0.4, 0.5) is 0 Å². The van der Waals surface area contributed by atoms with Gasteiger partial charge in [0.05, 0.1) is 12.8 Å². The van der Waals surface area contributed by atoms with Crippen LogP contribution in [0.3, 0.4) is 0 Å². The Balaban J connectivity index is 1.78. The minimum absolute atomic E-state index is 0.585. The summed E-state index contributed by atoms with van der Waals surface area (Å²) in [6.07, 6.45) is 0. The van der Waals surface area contributed by atoms with Gasteiger partial charge in [0, 0.05) is 35.5 Å². The van der Waals surface area contributed by atoms with Crippen molar-refractivity contribution in [2.45, 2.75) is 32.2 Å². The molecule has 1 N–H and O–H groups in total. The number of nitrogens with zero attached hydrogens (tertiary/aromatic N) is 2. The number of thioether (sulfide) groups is 1. The smallest absolute Gasteiger partial charge is 0.132 e. The Kier molecular flexibility index (Phi) is 6.54. The summed E-state index contributed by atoms with van der Waals surface area (Å²) >= 11 is 1.85. The molecule has 1 aromatic carbocycles. The van der Waals surface area contributed by atoms with Crippen LogP contribution in [0.5, 0.6) is 5.75 Å². The number of hydrogen-bond donors (Lipinski definition) is 1. The highest BCUT2D eigenvalue weighted by atomic mass is 32.2. The molecule has 0 aliphatic heterocycles. The van der Waals surface area contributed by atoms with E-state index in [9.17, 15) is 0 Å². The minimum atomic E-state index is 0.585. The summed E-state index contributed by atoms with van der Waals surface area (Å²) in [7, 11) is 3.72. The van der Waals surface area contributed by atoms with E-state index in [0.717, 1.165) is 30.3 Å². The SMILES string of the molecule is COc1ccccc1SCC(C)CNCc1c(C)nn(C)c1C. The lowest BCUT2D eigenvalue weighted by molar-refractivity contribution is 0.404. The van der Waals surface area contributed by atoms with Crippen LogP contribution in [0.1, 0.15) is 23.9 Å². The van der Waals surface area contributed by atoms with Gasteiger partial charge in [-0.2, -0.15) is 5.10 Å². The lowest BCUT2D eigenvalue weighted by Gasteiger charge is -2.14. The molecule has 0 aliphatic rings. The van der Waals surface area contributed by atoms with E-state index in [1.807, 2.05) is 35.6 Å². The summed E-state index contributed by atoms with van der Waals surface area (Å²) in [4.78, 5) is 1.21. The van der Waals surface area contributed by atoms with Gasteiger partial charge in [-0.05, 0) is 38.4 Å². The first-order valence-corrected chi connectivity index (χ1v) is 8.97. The Morgan fingerprint density at radius 3 is 2.70 bits per heavy atom. The quantitative estimate of drug-likeness (QED) is 0.750. The maximum atomic E-state index is 5.40. The maximum Gasteiger partial charge on any atom is 0.132 e. The summed E-state index contributed by atoms with van der Waals surface area (Å²) in [5.41, 5.74) is 3.68. The third-order valence-corrected chi connectivity index (χ3v) is 5.43. The topological polar surface area (TPSA) is 39.1 Å². The normalized spacial score (nSPS) is 12.4. The number of para-hydroxylation sites is 1. The molecule has 1 heterocycles. The molecule has 23 heavy (non-hydrogen) atoms. The second kappa shape index (κ2) is 8.41. The number of aryl methyl sites for hydroxylation is 2. The van der Waals surface area contributed by atoms with Crippen molar-refractivity contribution >= 4 is 11.8 Å². The van der Waals surface area contributed by atoms with Gasteiger partial charge in [0.15, 0.2) is 0 Å². The molecule has 0 saturated heterocycles. The summed E-state index contributed by atoms with van der Waals surface area (Å²) in [5.74, 6) is 2.61. The molecule has 0 spiro atoms. The first-order chi connectivity index (χ1) is 11.0. The molecule has 0 aliphatic carbocycles. The van der Waals surface area contributed by atoms with Crippen molar-refractivity contribution in [2.24, 2.45) is 13.0 Å². The van der Waals surface area contributed by atoms with Crippen molar-refractivity contribution in [1.29, 1.82) is 0 Å². The van der Waals surface area contributed by atoms with Crippen molar-refractivity contribution in [3.63, 3.8) is 0 Å². The maximum absolute atomic E-state index is 5.40. The van der Waals surface area contributed by atoms with Gasteiger partial charge in [0.2, 0.25) is 0 Å². The third-order valence-electron chi connectivity index (χ3n) is 4.05. The van der Waals surface area contributed by atoms with Crippen LogP contribution in [0, 0.1) is 19.8 Å². The van der Waals surface area contributed by atoms with Gasteiger partial charge in [0.1, 0.15) is 5.75 Å². The first-order valence-electron chi connectivity index (χ1n) is 7.98. The summed E-state index contributed by atoms with van der Waals surface area (Å²) < 4.78 is 7.35. The van der Waals surface area contributed by atoms with Crippen LogP contribution in [0.25, 0.3) is 0 Å². The summed E-state index contributed by atoms with van der Waals surface area (Å²) in [5, 5.41) is 8.03. The Hall–Kier alpha value is -1.46. The number of nitrogens with one attached hydrogen (secondary N) is 1. The Labute approximate surface area is 143 Å². The molecule has 1 unspecified atom stereocenters. The molecule has 0 bridgehead atoms. The number of hydrogen-bond acceptors (Lipinski definition) is 4. The number of benzene rings is 1. The van der Waals surface area contributed by atoms with Crippen LogP contribution >= 0.6 is 11.8 Å². The van der Waals surface area contributed by atoms with E-state index in [1.54, 1.807) is 7.11 Å². The molecule has 0 saturated carbocycles. The van der Waals surface area contributed by atoms with Gasteiger partial charge >= 0.3 is 0 Å². The molecule has 2 rings (SSSR count).